The van der Waals surface area contributed by atoms with Gasteiger partial charge in [-0.2, -0.15) is 0 Å². The van der Waals surface area contributed by atoms with E-state index in [2.05, 4.69) is 0 Å². The first-order chi connectivity index (χ1) is 9.01. The monoisotopic (exact) mass is 264 g/mol. The third kappa shape index (κ3) is 2.30. The lowest BCUT2D eigenvalue weighted by molar-refractivity contribution is 0.524. The van der Waals surface area contributed by atoms with Gasteiger partial charge in [0.15, 0.2) is 0 Å². The summed E-state index contributed by atoms with van der Waals surface area (Å²) < 4.78 is 2.93. The average Bonchev–Trinajstić information content (AvgIpc) is 3.14. The van der Waals surface area contributed by atoms with Crippen LogP contribution in [0.2, 0.25) is 0 Å². The molecule has 0 fully saturated rings. The quantitative estimate of drug-likeness (QED) is 0.782. The third-order valence-electron chi connectivity index (χ3n) is 3.15. The number of rotatable bonds is 5. The molecular formula is C13H20N4O2. The first-order valence-corrected chi connectivity index (χ1v) is 6.54. The predicted octanol–water partition coefficient (Wildman–Crippen LogP) is 0.620. The fourth-order valence-corrected chi connectivity index (χ4v) is 2.13. The zero-order valence-corrected chi connectivity index (χ0v) is 11.9. The Labute approximate surface area is 112 Å². The van der Waals surface area contributed by atoms with E-state index in [9.17, 15) is 9.59 Å². The van der Waals surface area contributed by atoms with Crippen LogP contribution in [0.4, 0.5) is 5.82 Å². The lowest BCUT2D eigenvalue weighted by atomic mass is 10.4. The van der Waals surface area contributed by atoms with Gasteiger partial charge in [-0.15, -0.1) is 0 Å². The van der Waals surface area contributed by atoms with Crippen LogP contribution in [0, 0.1) is 0 Å². The fraction of sp³-hybridized carbons (Fsp3) is 0.538. The summed E-state index contributed by atoms with van der Waals surface area (Å²) >= 11 is 0. The van der Waals surface area contributed by atoms with Crippen molar-refractivity contribution < 1.29 is 0 Å². The molecule has 6 heteroatoms. The zero-order chi connectivity index (χ0) is 14.2. The SMILES string of the molecule is CCCn1c(=O)cc(N2C=C2N(C)C)n(CC)c1=O. The molecule has 0 aromatic carbocycles. The summed E-state index contributed by atoms with van der Waals surface area (Å²) in [5, 5.41) is 0. The summed E-state index contributed by atoms with van der Waals surface area (Å²) in [6.07, 6.45) is 2.67. The highest BCUT2D eigenvalue weighted by atomic mass is 16.2. The maximum atomic E-state index is 12.3. The maximum Gasteiger partial charge on any atom is 0.332 e. The molecule has 0 aliphatic carbocycles. The molecule has 1 aliphatic heterocycles. The minimum Gasteiger partial charge on any atom is -0.363 e. The summed E-state index contributed by atoms with van der Waals surface area (Å²) in [5.41, 5.74) is -0.463. The van der Waals surface area contributed by atoms with Gasteiger partial charge in [-0.05, 0) is 13.3 Å². The van der Waals surface area contributed by atoms with E-state index in [4.69, 9.17) is 0 Å². The smallest absolute Gasteiger partial charge is 0.332 e. The number of nitrogens with zero attached hydrogens (tertiary/aromatic N) is 4. The second kappa shape index (κ2) is 4.95. The van der Waals surface area contributed by atoms with E-state index in [1.54, 1.807) is 4.57 Å². The van der Waals surface area contributed by atoms with Crippen LogP contribution in [0.25, 0.3) is 0 Å². The van der Waals surface area contributed by atoms with Crippen molar-refractivity contribution in [1.29, 1.82) is 0 Å². The molecule has 1 aromatic heterocycles. The topological polar surface area (TPSA) is 50.2 Å². The van der Waals surface area contributed by atoms with Gasteiger partial charge in [0.1, 0.15) is 11.6 Å². The van der Waals surface area contributed by atoms with Gasteiger partial charge in [0.2, 0.25) is 0 Å². The Kier molecular flexibility index (Phi) is 3.50. The summed E-state index contributed by atoms with van der Waals surface area (Å²) in [6, 6.07) is 1.54. The molecule has 0 radical (unpaired) electrons. The van der Waals surface area contributed by atoms with Gasteiger partial charge < -0.3 is 4.90 Å². The summed E-state index contributed by atoms with van der Waals surface area (Å²) in [5.74, 6) is 1.64. The highest BCUT2D eigenvalue weighted by Gasteiger charge is 2.28. The van der Waals surface area contributed by atoms with Crippen LogP contribution in [0.5, 0.6) is 0 Å². The first-order valence-electron chi connectivity index (χ1n) is 6.54. The zero-order valence-electron chi connectivity index (χ0n) is 11.9. The number of anilines is 1. The Balaban J connectivity index is 2.47. The van der Waals surface area contributed by atoms with Crippen molar-refractivity contribution in [2.24, 2.45) is 0 Å². The molecule has 2 heterocycles. The molecule has 0 saturated carbocycles. The van der Waals surface area contributed by atoms with Crippen molar-refractivity contribution in [3.8, 4) is 0 Å². The molecule has 0 atom stereocenters. The van der Waals surface area contributed by atoms with Gasteiger partial charge in [-0.25, -0.2) is 4.79 Å². The van der Waals surface area contributed by atoms with Crippen molar-refractivity contribution in [2.75, 3.05) is 19.0 Å². The first kappa shape index (κ1) is 13.5. The van der Waals surface area contributed by atoms with E-state index in [0.717, 1.165) is 12.2 Å². The van der Waals surface area contributed by atoms with Crippen molar-refractivity contribution in [3.05, 3.63) is 38.9 Å². The van der Waals surface area contributed by atoms with Gasteiger partial charge in [0.05, 0.1) is 6.20 Å². The van der Waals surface area contributed by atoms with Gasteiger partial charge >= 0.3 is 5.69 Å². The second-order valence-electron chi connectivity index (χ2n) is 4.77. The Morgan fingerprint density at radius 1 is 1.16 bits per heavy atom. The molecule has 0 unspecified atom stereocenters. The van der Waals surface area contributed by atoms with Crippen LogP contribution in [-0.4, -0.2) is 28.1 Å². The molecule has 0 bridgehead atoms. The van der Waals surface area contributed by atoms with Crippen molar-refractivity contribution >= 4 is 5.82 Å². The molecular weight excluding hydrogens is 244 g/mol. The van der Waals surface area contributed by atoms with Crippen LogP contribution in [0.15, 0.2) is 27.7 Å². The second-order valence-corrected chi connectivity index (χ2v) is 4.77. The van der Waals surface area contributed by atoms with Crippen molar-refractivity contribution in [2.45, 2.75) is 33.4 Å². The minimum atomic E-state index is -0.232. The summed E-state index contributed by atoms with van der Waals surface area (Å²) in [6.45, 7) is 4.87. The standard InChI is InChI=1S/C13H20N4O2/c1-5-7-16-12(18)8-10(15(6-2)13(16)19)17-9-11(17)14(3)4/h8-9H,5-7H2,1-4H3. The van der Waals surface area contributed by atoms with Crippen LogP contribution < -0.4 is 16.1 Å². The van der Waals surface area contributed by atoms with Gasteiger partial charge in [-0.3, -0.25) is 18.8 Å². The third-order valence-corrected chi connectivity index (χ3v) is 3.15. The lowest BCUT2D eigenvalue weighted by Crippen LogP contribution is -2.40. The molecule has 1 aromatic rings. The van der Waals surface area contributed by atoms with E-state index < -0.39 is 0 Å². The largest absolute Gasteiger partial charge is 0.363 e. The van der Waals surface area contributed by atoms with E-state index in [-0.39, 0.29) is 11.2 Å². The summed E-state index contributed by atoms with van der Waals surface area (Å²) in [4.78, 5) is 28.1. The highest BCUT2D eigenvalue weighted by molar-refractivity contribution is 5.59. The van der Waals surface area contributed by atoms with E-state index >= 15 is 0 Å². The van der Waals surface area contributed by atoms with Crippen molar-refractivity contribution in [3.63, 3.8) is 0 Å². The number of hydrogen-bond acceptors (Lipinski definition) is 4. The van der Waals surface area contributed by atoms with Gasteiger partial charge in [-0.1, -0.05) is 6.92 Å². The Morgan fingerprint density at radius 2 is 1.84 bits per heavy atom. The molecule has 19 heavy (non-hydrogen) atoms. The Morgan fingerprint density at radius 3 is 2.32 bits per heavy atom. The van der Waals surface area contributed by atoms with E-state index in [1.165, 1.54) is 10.6 Å². The molecule has 0 N–H and O–H groups in total. The number of hydrogen-bond donors (Lipinski definition) is 0. The van der Waals surface area contributed by atoms with Crippen LogP contribution >= 0.6 is 0 Å². The van der Waals surface area contributed by atoms with Crippen LogP contribution in [-0.2, 0) is 13.1 Å². The minimum absolute atomic E-state index is 0.231. The highest BCUT2D eigenvalue weighted by Crippen LogP contribution is 2.29. The average molecular weight is 264 g/mol. The molecule has 0 spiro atoms. The molecule has 0 amide bonds. The fourth-order valence-electron chi connectivity index (χ4n) is 2.13. The van der Waals surface area contributed by atoms with Gasteiger partial charge in [0.25, 0.3) is 5.56 Å². The maximum absolute atomic E-state index is 12.3. The molecule has 104 valence electrons. The molecule has 6 nitrogen and oxygen atoms in total. The normalized spacial score (nSPS) is 13.5. The molecule has 2 rings (SSSR count). The van der Waals surface area contributed by atoms with Crippen LogP contribution in [0.3, 0.4) is 0 Å². The Hall–Kier alpha value is -1.98. The number of aromatic nitrogens is 2. The molecule has 0 saturated heterocycles. The van der Waals surface area contributed by atoms with Gasteiger partial charge in [0, 0.05) is 33.3 Å². The summed E-state index contributed by atoms with van der Waals surface area (Å²) in [7, 11) is 3.86. The molecule has 1 aliphatic rings. The predicted molar refractivity (Wildman–Crippen MR) is 75.2 cm³/mol. The van der Waals surface area contributed by atoms with E-state index in [0.29, 0.717) is 18.9 Å². The van der Waals surface area contributed by atoms with E-state index in [1.807, 2.05) is 43.9 Å². The van der Waals surface area contributed by atoms with Crippen LogP contribution in [0.1, 0.15) is 20.3 Å². The van der Waals surface area contributed by atoms with Crippen molar-refractivity contribution in [1.82, 2.24) is 14.0 Å². The lowest BCUT2D eigenvalue weighted by Gasteiger charge is -2.17. The Bertz CT molecular complexity index is 625.